The second-order valence-electron chi connectivity index (χ2n) is 5.39. The number of aromatic nitrogens is 1. The number of alkyl halides is 3. The van der Waals surface area contributed by atoms with Crippen LogP contribution in [0, 0.1) is 5.92 Å². The number of piperidine rings is 1. The summed E-state index contributed by atoms with van der Waals surface area (Å²) in [5.74, 6) is 1.21. The van der Waals surface area contributed by atoms with E-state index in [9.17, 15) is 13.2 Å². The van der Waals surface area contributed by atoms with Crippen molar-refractivity contribution in [1.29, 1.82) is 0 Å². The molecule has 0 spiro atoms. The Bertz CT molecular complexity index is 409. The first kappa shape index (κ1) is 15.1. The first-order valence-electron chi connectivity index (χ1n) is 6.91. The van der Waals surface area contributed by atoms with Gasteiger partial charge in [0.1, 0.15) is 5.82 Å². The lowest BCUT2D eigenvalue weighted by molar-refractivity contribution is -0.137. The number of nitrogens with one attached hydrogen (secondary N) is 1. The third-order valence-corrected chi connectivity index (χ3v) is 3.79. The average molecular weight is 287 g/mol. The average Bonchev–Trinajstić information content (AvgIpc) is 2.41. The number of likely N-dealkylation sites (tertiary alicyclic amines) is 1. The fourth-order valence-electron chi connectivity index (χ4n) is 2.42. The van der Waals surface area contributed by atoms with Gasteiger partial charge in [-0.05, 0) is 57.5 Å². The molecule has 6 heteroatoms. The van der Waals surface area contributed by atoms with Crippen LogP contribution in [-0.4, -0.2) is 36.6 Å². The lowest BCUT2D eigenvalue weighted by Crippen LogP contribution is -2.30. The van der Waals surface area contributed by atoms with Gasteiger partial charge in [-0.1, -0.05) is 0 Å². The number of nitrogens with zero attached hydrogens (tertiary/aromatic N) is 2. The SMILES string of the molecule is CN1CCC(CCNc2ccc(C(F)(F)F)cn2)CC1. The van der Waals surface area contributed by atoms with Crippen molar-refractivity contribution in [3.63, 3.8) is 0 Å². The smallest absolute Gasteiger partial charge is 0.370 e. The van der Waals surface area contributed by atoms with Crippen molar-refractivity contribution >= 4 is 5.82 Å². The second kappa shape index (κ2) is 6.43. The van der Waals surface area contributed by atoms with Crippen LogP contribution in [0.25, 0.3) is 0 Å². The van der Waals surface area contributed by atoms with Crippen molar-refractivity contribution in [3.8, 4) is 0 Å². The molecule has 3 nitrogen and oxygen atoms in total. The molecule has 0 radical (unpaired) electrons. The zero-order valence-electron chi connectivity index (χ0n) is 11.6. The van der Waals surface area contributed by atoms with Gasteiger partial charge in [0, 0.05) is 12.7 Å². The lowest BCUT2D eigenvalue weighted by Gasteiger charge is -2.28. The normalized spacial score (nSPS) is 18.2. The van der Waals surface area contributed by atoms with E-state index >= 15 is 0 Å². The number of pyridine rings is 1. The topological polar surface area (TPSA) is 28.2 Å². The van der Waals surface area contributed by atoms with Crippen LogP contribution < -0.4 is 5.32 Å². The van der Waals surface area contributed by atoms with Gasteiger partial charge < -0.3 is 10.2 Å². The Morgan fingerprint density at radius 3 is 2.55 bits per heavy atom. The Kier molecular flexibility index (Phi) is 4.86. The molecule has 0 atom stereocenters. The number of rotatable bonds is 4. The largest absolute Gasteiger partial charge is 0.417 e. The van der Waals surface area contributed by atoms with E-state index in [4.69, 9.17) is 0 Å². The predicted molar refractivity (Wildman–Crippen MR) is 72.6 cm³/mol. The molecule has 1 N–H and O–H groups in total. The van der Waals surface area contributed by atoms with Gasteiger partial charge >= 0.3 is 6.18 Å². The molecule has 0 unspecified atom stereocenters. The van der Waals surface area contributed by atoms with E-state index in [1.165, 1.54) is 18.9 Å². The van der Waals surface area contributed by atoms with Crippen LogP contribution in [0.3, 0.4) is 0 Å². The van der Waals surface area contributed by atoms with Gasteiger partial charge in [-0.25, -0.2) is 4.98 Å². The fourth-order valence-corrected chi connectivity index (χ4v) is 2.42. The molecule has 112 valence electrons. The molecule has 0 aromatic carbocycles. The molecule has 0 bridgehead atoms. The van der Waals surface area contributed by atoms with Gasteiger partial charge in [0.25, 0.3) is 0 Å². The summed E-state index contributed by atoms with van der Waals surface area (Å²) >= 11 is 0. The molecule has 0 amide bonds. The highest BCUT2D eigenvalue weighted by atomic mass is 19.4. The Morgan fingerprint density at radius 1 is 1.30 bits per heavy atom. The van der Waals surface area contributed by atoms with Gasteiger partial charge in [0.05, 0.1) is 5.56 Å². The number of hydrogen-bond acceptors (Lipinski definition) is 3. The van der Waals surface area contributed by atoms with Crippen molar-refractivity contribution in [2.45, 2.75) is 25.4 Å². The fraction of sp³-hybridized carbons (Fsp3) is 0.643. The summed E-state index contributed by atoms with van der Waals surface area (Å²) in [7, 11) is 2.13. The minimum absolute atomic E-state index is 0.505. The van der Waals surface area contributed by atoms with Crippen LogP contribution in [0.5, 0.6) is 0 Å². The molecule has 2 heterocycles. The summed E-state index contributed by atoms with van der Waals surface area (Å²) < 4.78 is 37.1. The summed E-state index contributed by atoms with van der Waals surface area (Å²) in [4.78, 5) is 6.12. The quantitative estimate of drug-likeness (QED) is 0.921. The molecule has 2 rings (SSSR count). The Hall–Kier alpha value is -1.30. The Balaban J connectivity index is 1.74. The van der Waals surface area contributed by atoms with Crippen LogP contribution in [0.2, 0.25) is 0 Å². The van der Waals surface area contributed by atoms with Crippen molar-refractivity contribution in [1.82, 2.24) is 9.88 Å². The zero-order chi connectivity index (χ0) is 14.6. The maximum atomic E-state index is 12.4. The minimum atomic E-state index is -4.32. The molecular weight excluding hydrogens is 267 g/mol. The van der Waals surface area contributed by atoms with Gasteiger partial charge in [-0.2, -0.15) is 13.2 Å². The summed E-state index contributed by atoms with van der Waals surface area (Å²) in [6.45, 7) is 3.01. The van der Waals surface area contributed by atoms with E-state index in [1.807, 2.05) is 0 Å². The van der Waals surface area contributed by atoms with Gasteiger partial charge in [-0.3, -0.25) is 0 Å². The lowest BCUT2D eigenvalue weighted by atomic mass is 9.94. The maximum absolute atomic E-state index is 12.4. The Morgan fingerprint density at radius 2 is 2.00 bits per heavy atom. The third-order valence-electron chi connectivity index (χ3n) is 3.79. The van der Waals surface area contributed by atoms with Crippen LogP contribution in [0.15, 0.2) is 18.3 Å². The third kappa shape index (κ3) is 4.37. The van der Waals surface area contributed by atoms with Crippen LogP contribution in [0.1, 0.15) is 24.8 Å². The molecule has 1 aromatic heterocycles. The van der Waals surface area contributed by atoms with Crippen molar-refractivity contribution < 1.29 is 13.2 Å². The predicted octanol–water partition coefficient (Wildman–Crippen LogP) is 3.24. The van der Waals surface area contributed by atoms with E-state index < -0.39 is 11.7 Å². The molecule has 20 heavy (non-hydrogen) atoms. The van der Waals surface area contributed by atoms with Gasteiger partial charge in [0.2, 0.25) is 0 Å². The maximum Gasteiger partial charge on any atom is 0.417 e. The molecule has 1 aromatic rings. The van der Waals surface area contributed by atoms with Crippen LogP contribution >= 0.6 is 0 Å². The highest BCUT2D eigenvalue weighted by Gasteiger charge is 2.30. The van der Waals surface area contributed by atoms with E-state index in [-0.39, 0.29) is 0 Å². The Labute approximate surface area is 117 Å². The molecule has 1 saturated heterocycles. The van der Waals surface area contributed by atoms with E-state index in [2.05, 4.69) is 22.2 Å². The van der Waals surface area contributed by atoms with Crippen molar-refractivity contribution in [2.75, 3.05) is 32.0 Å². The van der Waals surface area contributed by atoms with Gasteiger partial charge in [0.15, 0.2) is 0 Å². The highest BCUT2D eigenvalue weighted by molar-refractivity contribution is 5.36. The van der Waals surface area contributed by atoms with E-state index in [0.29, 0.717) is 11.7 Å². The van der Waals surface area contributed by atoms with E-state index in [0.717, 1.165) is 38.3 Å². The molecule has 1 aliphatic heterocycles. The monoisotopic (exact) mass is 287 g/mol. The highest BCUT2D eigenvalue weighted by Crippen LogP contribution is 2.28. The van der Waals surface area contributed by atoms with Crippen molar-refractivity contribution in [2.24, 2.45) is 5.92 Å². The number of anilines is 1. The standard InChI is InChI=1S/C14H20F3N3/c1-20-8-5-11(6-9-20)4-7-18-13-3-2-12(10-19-13)14(15,16)17/h2-3,10-11H,4-9H2,1H3,(H,18,19). The second-order valence-corrected chi connectivity index (χ2v) is 5.39. The number of halogens is 3. The first-order chi connectivity index (χ1) is 9.45. The number of hydrogen-bond donors (Lipinski definition) is 1. The minimum Gasteiger partial charge on any atom is -0.370 e. The zero-order valence-corrected chi connectivity index (χ0v) is 11.6. The summed E-state index contributed by atoms with van der Waals surface area (Å²) in [5.41, 5.74) is -0.710. The molecule has 1 aliphatic rings. The molecule has 0 saturated carbocycles. The van der Waals surface area contributed by atoms with Crippen LogP contribution in [-0.2, 0) is 6.18 Å². The summed E-state index contributed by atoms with van der Waals surface area (Å²) in [5, 5.41) is 3.09. The molecule has 0 aliphatic carbocycles. The van der Waals surface area contributed by atoms with E-state index in [1.54, 1.807) is 0 Å². The first-order valence-corrected chi connectivity index (χ1v) is 6.91. The van der Waals surface area contributed by atoms with Crippen LogP contribution in [0.4, 0.5) is 19.0 Å². The molecule has 1 fully saturated rings. The van der Waals surface area contributed by atoms with Gasteiger partial charge in [-0.15, -0.1) is 0 Å². The summed E-state index contributed by atoms with van der Waals surface area (Å²) in [6, 6.07) is 2.45. The summed E-state index contributed by atoms with van der Waals surface area (Å²) in [6.07, 6.45) is -0.0225. The van der Waals surface area contributed by atoms with Crippen molar-refractivity contribution in [3.05, 3.63) is 23.9 Å². The molecular formula is C14H20F3N3.